The molecule has 1 N–H and O–H groups in total. The highest BCUT2D eigenvalue weighted by molar-refractivity contribution is 6.04. The van der Waals surface area contributed by atoms with E-state index >= 15 is 0 Å². The summed E-state index contributed by atoms with van der Waals surface area (Å²) in [7, 11) is 0. The minimum absolute atomic E-state index is 0.191. The maximum Gasteiger partial charge on any atom is 0.414 e. The van der Waals surface area contributed by atoms with E-state index in [9.17, 15) is 14.9 Å². The summed E-state index contributed by atoms with van der Waals surface area (Å²) >= 11 is 0. The second-order valence-corrected chi connectivity index (χ2v) is 6.85. The van der Waals surface area contributed by atoms with Gasteiger partial charge in [-0.3, -0.25) is 19.2 Å². The number of imidazole rings is 1. The Balaban J connectivity index is 1.36. The number of hydrogen-bond donors (Lipinski definition) is 1. The van der Waals surface area contributed by atoms with Crippen LogP contribution >= 0.6 is 0 Å². The summed E-state index contributed by atoms with van der Waals surface area (Å²) in [5.74, 6) is -0.401. The fourth-order valence-corrected chi connectivity index (χ4v) is 3.19. The van der Waals surface area contributed by atoms with Gasteiger partial charge >= 0.3 is 11.8 Å². The molecule has 0 fully saturated rings. The number of hydrogen-bond acceptors (Lipinski definition) is 7. The van der Waals surface area contributed by atoms with E-state index in [0.717, 1.165) is 5.56 Å². The first-order valence-electron chi connectivity index (χ1n) is 9.45. The number of anilines is 1. The highest BCUT2D eigenvalue weighted by Gasteiger charge is 2.22. The van der Waals surface area contributed by atoms with E-state index in [-0.39, 0.29) is 17.7 Å². The Kier molecular flexibility index (Phi) is 5.66. The Labute approximate surface area is 172 Å². The maximum atomic E-state index is 12.3. The summed E-state index contributed by atoms with van der Waals surface area (Å²) < 4.78 is 7.24. The van der Waals surface area contributed by atoms with Crippen molar-refractivity contribution in [2.45, 2.75) is 13.1 Å². The second-order valence-electron chi connectivity index (χ2n) is 6.85. The van der Waals surface area contributed by atoms with Gasteiger partial charge in [0.1, 0.15) is 12.8 Å². The van der Waals surface area contributed by atoms with E-state index in [0.29, 0.717) is 44.0 Å². The van der Waals surface area contributed by atoms with Gasteiger partial charge in [-0.25, -0.2) is 0 Å². The SMILES string of the molecule is O=C(Nc1cccnc1)c1ccc(CN2CCOc3nc([N+](=O)[O-])cn3CC2)cc1. The first-order valence-corrected chi connectivity index (χ1v) is 9.45. The predicted molar refractivity (Wildman–Crippen MR) is 108 cm³/mol. The van der Waals surface area contributed by atoms with Gasteiger partial charge in [-0.05, 0) is 34.8 Å². The van der Waals surface area contributed by atoms with Gasteiger partial charge < -0.3 is 20.2 Å². The predicted octanol–water partition coefficient (Wildman–Crippen LogP) is 2.33. The van der Waals surface area contributed by atoms with Crippen LogP contribution in [0.2, 0.25) is 0 Å². The first-order chi connectivity index (χ1) is 14.6. The number of fused-ring (bicyclic) bond motifs is 1. The number of amides is 1. The third-order valence-corrected chi connectivity index (χ3v) is 4.75. The van der Waals surface area contributed by atoms with Gasteiger partial charge in [0.25, 0.3) is 5.91 Å². The zero-order chi connectivity index (χ0) is 20.9. The molecule has 0 bridgehead atoms. The molecule has 1 aliphatic rings. The number of carbonyl (C=O) groups excluding carboxylic acids is 1. The molecule has 0 saturated heterocycles. The summed E-state index contributed by atoms with van der Waals surface area (Å²) in [5.41, 5.74) is 2.27. The standard InChI is InChI=1S/C20H20N6O4/c27-19(22-17-2-1-7-21-12-17)16-5-3-15(4-6-16)13-24-8-9-25-14-18(26(28)29)23-20(25)30-11-10-24/h1-7,12,14H,8-11,13H2,(H,22,27). The molecule has 10 heteroatoms. The molecule has 0 radical (unpaired) electrons. The van der Waals surface area contributed by atoms with Crippen molar-refractivity contribution in [2.75, 3.05) is 25.0 Å². The fraction of sp³-hybridized carbons (Fsp3) is 0.250. The largest absolute Gasteiger partial charge is 0.444 e. The van der Waals surface area contributed by atoms with Crippen LogP contribution in [-0.2, 0) is 13.1 Å². The topological polar surface area (TPSA) is 115 Å². The maximum absolute atomic E-state index is 12.3. The van der Waals surface area contributed by atoms with Crippen molar-refractivity contribution < 1.29 is 14.5 Å². The van der Waals surface area contributed by atoms with E-state index in [1.54, 1.807) is 41.2 Å². The van der Waals surface area contributed by atoms with Crippen LogP contribution in [0.25, 0.3) is 0 Å². The van der Waals surface area contributed by atoms with Crippen LogP contribution in [0.1, 0.15) is 15.9 Å². The van der Waals surface area contributed by atoms with Crippen molar-refractivity contribution in [3.63, 3.8) is 0 Å². The van der Waals surface area contributed by atoms with Gasteiger partial charge in [0, 0.05) is 42.9 Å². The highest BCUT2D eigenvalue weighted by atomic mass is 16.6. The van der Waals surface area contributed by atoms with E-state index in [2.05, 4.69) is 20.2 Å². The molecule has 0 saturated carbocycles. The summed E-state index contributed by atoms with van der Waals surface area (Å²) in [6, 6.07) is 11.2. The summed E-state index contributed by atoms with van der Waals surface area (Å²) in [6.45, 7) is 2.98. The third-order valence-electron chi connectivity index (χ3n) is 4.75. The van der Waals surface area contributed by atoms with Gasteiger partial charge in [0.2, 0.25) is 0 Å². The van der Waals surface area contributed by atoms with Crippen molar-refractivity contribution in [1.82, 2.24) is 19.4 Å². The van der Waals surface area contributed by atoms with Gasteiger partial charge in [-0.1, -0.05) is 12.1 Å². The molecule has 1 aliphatic heterocycles. The highest BCUT2D eigenvalue weighted by Crippen LogP contribution is 2.19. The quantitative estimate of drug-likeness (QED) is 0.509. The van der Waals surface area contributed by atoms with Crippen LogP contribution in [0.4, 0.5) is 11.5 Å². The Bertz CT molecular complexity index is 1040. The molecular weight excluding hydrogens is 388 g/mol. The van der Waals surface area contributed by atoms with Crippen molar-refractivity contribution >= 4 is 17.4 Å². The molecule has 0 spiro atoms. The molecule has 0 atom stereocenters. The molecule has 10 nitrogen and oxygen atoms in total. The van der Waals surface area contributed by atoms with Gasteiger partial charge in [0.05, 0.1) is 11.9 Å². The van der Waals surface area contributed by atoms with Crippen molar-refractivity contribution in [3.05, 3.63) is 76.2 Å². The molecule has 1 aromatic carbocycles. The van der Waals surface area contributed by atoms with Crippen LogP contribution in [0, 0.1) is 10.1 Å². The van der Waals surface area contributed by atoms with Gasteiger partial charge in [-0.2, -0.15) is 0 Å². The normalized spacial score (nSPS) is 14.1. The Morgan fingerprint density at radius 2 is 2.03 bits per heavy atom. The molecule has 0 unspecified atom stereocenters. The number of nitrogens with zero attached hydrogens (tertiary/aromatic N) is 5. The van der Waals surface area contributed by atoms with Crippen LogP contribution < -0.4 is 10.1 Å². The zero-order valence-corrected chi connectivity index (χ0v) is 16.1. The van der Waals surface area contributed by atoms with E-state index in [1.165, 1.54) is 6.20 Å². The molecule has 3 aromatic rings. The van der Waals surface area contributed by atoms with E-state index in [4.69, 9.17) is 4.74 Å². The average Bonchev–Trinajstić information content (AvgIpc) is 3.14. The van der Waals surface area contributed by atoms with Gasteiger partial charge in [-0.15, -0.1) is 0 Å². The lowest BCUT2D eigenvalue weighted by Crippen LogP contribution is -2.33. The number of carbonyl (C=O) groups is 1. The molecule has 0 aliphatic carbocycles. The smallest absolute Gasteiger partial charge is 0.414 e. The fourth-order valence-electron chi connectivity index (χ4n) is 3.19. The average molecular weight is 408 g/mol. The first kappa shape index (κ1) is 19.5. The molecule has 4 rings (SSSR count). The molecule has 30 heavy (non-hydrogen) atoms. The van der Waals surface area contributed by atoms with E-state index < -0.39 is 4.92 Å². The third kappa shape index (κ3) is 4.61. The number of benzene rings is 1. The molecule has 2 aromatic heterocycles. The summed E-state index contributed by atoms with van der Waals surface area (Å²) in [5, 5.41) is 13.7. The van der Waals surface area contributed by atoms with Crippen LogP contribution in [-0.4, -0.2) is 50.0 Å². The number of aromatic nitrogens is 3. The lowest BCUT2D eigenvalue weighted by Gasteiger charge is -2.24. The number of nitrogens with one attached hydrogen (secondary N) is 1. The summed E-state index contributed by atoms with van der Waals surface area (Å²) in [4.78, 5) is 32.8. The molecule has 1 amide bonds. The summed E-state index contributed by atoms with van der Waals surface area (Å²) in [6.07, 6.45) is 4.64. The Hall–Kier alpha value is -3.79. The minimum atomic E-state index is -0.523. The Morgan fingerprint density at radius 3 is 2.77 bits per heavy atom. The monoisotopic (exact) mass is 408 g/mol. The van der Waals surface area contributed by atoms with Crippen LogP contribution in [0.15, 0.2) is 55.0 Å². The van der Waals surface area contributed by atoms with E-state index in [1.807, 2.05) is 12.1 Å². The number of ether oxygens (including phenoxy) is 1. The molecule has 154 valence electrons. The lowest BCUT2D eigenvalue weighted by atomic mass is 10.1. The minimum Gasteiger partial charge on any atom is -0.444 e. The number of rotatable bonds is 5. The van der Waals surface area contributed by atoms with Crippen LogP contribution in [0.3, 0.4) is 0 Å². The lowest BCUT2D eigenvalue weighted by molar-refractivity contribution is -0.389. The molecule has 3 heterocycles. The van der Waals surface area contributed by atoms with Crippen molar-refractivity contribution in [1.29, 1.82) is 0 Å². The van der Waals surface area contributed by atoms with Gasteiger partial charge in [0.15, 0.2) is 0 Å². The molecular formula is C20H20N6O4. The second kappa shape index (κ2) is 8.70. The Morgan fingerprint density at radius 1 is 1.20 bits per heavy atom. The zero-order valence-electron chi connectivity index (χ0n) is 16.1. The number of pyridine rings is 1. The van der Waals surface area contributed by atoms with Crippen molar-refractivity contribution in [3.8, 4) is 6.01 Å². The number of nitro groups is 1. The van der Waals surface area contributed by atoms with Crippen LogP contribution in [0.5, 0.6) is 6.01 Å². The van der Waals surface area contributed by atoms with Crippen molar-refractivity contribution in [2.24, 2.45) is 0 Å².